The van der Waals surface area contributed by atoms with Gasteiger partial charge in [-0.3, -0.25) is 14.6 Å². The zero-order chi connectivity index (χ0) is 18.6. The standard InChI is InChI=1S/C21H21N3O2/c1-11-8-12-4-6-21(2,3)14(12)9-13(11)16-10-17(25)18-15(24-16)5-7-23-19(18)20(22)26/h5,7-10H,4,6H2,1-3H3,(H2,22,26)(H,24,25). The lowest BCUT2D eigenvalue weighted by molar-refractivity contribution is 0.0997. The first-order valence-corrected chi connectivity index (χ1v) is 8.74. The Bertz CT molecular complexity index is 1130. The van der Waals surface area contributed by atoms with Gasteiger partial charge in [-0.05, 0) is 54.0 Å². The molecule has 2 heterocycles. The van der Waals surface area contributed by atoms with Gasteiger partial charge in [0.25, 0.3) is 5.91 Å². The molecule has 0 spiro atoms. The first kappa shape index (κ1) is 16.5. The summed E-state index contributed by atoms with van der Waals surface area (Å²) in [6.45, 7) is 6.57. The number of fused-ring (bicyclic) bond motifs is 2. The maximum atomic E-state index is 12.7. The number of nitrogens with zero attached hydrogens (tertiary/aromatic N) is 1. The van der Waals surface area contributed by atoms with Crippen molar-refractivity contribution in [3.8, 4) is 11.3 Å². The van der Waals surface area contributed by atoms with E-state index in [1.54, 1.807) is 6.07 Å². The van der Waals surface area contributed by atoms with Crippen molar-refractivity contribution in [1.29, 1.82) is 0 Å². The smallest absolute Gasteiger partial charge is 0.268 e. The molecular weight excluding hydrogens is 326 g/mol. The zero-order valence-corrected chi connectivity index (χ0v) is 15.1. The van der Waals surface area contributed by atoms with Crippen molar-refractivity contribution in [2.24, 2.45) is 5.73 Å². The molecule has 0 aliphatic heterocycles. The van der Waals surface area contributed by atoms with Gasteiger partial charge in [-0.15, -0.1) is 0 Å². The van der Waals surface area contributed by atoms with Gasteiger partial charge in [0, 0.05) is 23.5 Å². The van der Waals surface area contributed by atoms with Gasteiger partial charge in [-0.1, -0.05) is 19.9 Å². The lowest BCUT2D eigenvalue weighted by Crippen LogP contribution is -2.17. The Labute approximate surface area is 151 Å². The van der Waals surface area contributed by atoms with Crippen LogP contribution in [0.3, 0.4) is 0 Å². The molecule has 5 nitrogen and oxygen atoms in total. The van der Waals surface area contributed by atoms with Crippen LogP contribution in [0.25, 0.3) is 22.2 Å². The molecule has 0 bridgehead atoms. The number of aryl methyl sites for hydroxylation is 2. The number of hydrogen-bond acceptors (Lipinski definition) is 3. The quantitative estimate of drug-likeness (QED) is 0.746. The van der Waals surface area contributed by atoms with Crippen molar-refractivity contribution in [3.63, 3.8) is 0 Å². The van der Waals surface area contributed by atoms with Crippen molar-refractivity contribution in [2.75, 3.05) is 0 Å². The van der Waals surface area contributed by atoms with Crippen molar-refractivity contribution < 1.29 is 4.79 Å². The molecule has 3 N–H and O–H groups in total. The molecule has 0 saturated heterocycles. The molecule has 26 heavy (non-hydrogen) atoms. The highest BCUT2D eigenvalue weighted by atomic mass is 16.1. The molecular formula is C21H21N3O2. The Kier molecular flexibility index (Phi) is 3.51. The van der Waals surface area contributed by atoms with E-state index in [9.17, 15) is 9.59 Å². The summed E-state index contributed by atoms with van der Waals surface area (Å²) in [4.78, 5) is 31.5. The van der Waals surface area contributed by atoms with Crippen LogP contribution in [0.1, 0.15) is 47.4 Å². The van der Waals surface area contributed by atoms with Crippen LogP contribution in [0, 0.1) is 6.92 Å². The number of primary amides is 1. The number of benzene rings is 1. The van der Waals surface area contributed by atoms with E-state index in [4.69, 9.17) is 5.73 Å². The van der Waals surface area contributed by atoms with E-state index in [1.165, 1.54) is 23.4 Å². The van der Waals surface area contributed by atoms with E-state index in [0.29, 0.717) is 5.52 Å². The van der Waals surface area contributed by atoms with Gasteiger partial charge >= 0.3 is 0 Å². The van der Waals surface area contributed by atoms with Gasteiger partial charge in [0.2, 0.25) is 0 Å². The van der Waals surface area contributed by atoms with Gasteiger partial charge in [0.05, 0.1) is 10.9 Å². The Hall–Kier alpha value is -2.95. The highest BCUT2D eigenvalue weighted by molar-refractivity contribution is 6.03. The highest BCUT2D eigenvalue weighted by Gasteiger charge is 2.30. The SMILES string of the molecule is Cc1cc2c(cc1-c1cc(=O)c3c(C(N)=O)nccc3[nH]1)C(C)(C)CC2. The number of carbonyl (C=O) groups is 1. The summed E-state index contributed by atoms with van der Waals surface area (Å²) in [6.07, 6.45) is 3.71. The van der Waals surface area contributed by atoms with Crippen LogP contribution in [0.2, 0.25) is 0 Å². The van der Waals surface area contributed by atoms with Crippen LogP contribution in [0.4, 0.5) is 0 Å². The fourth-order valence-electron chi connectivity index (χ4n) is 4.01. The Morgan fingerprint density at radius 3 is 2.77 bits per heavy atom. The molecule has 1 aliphatic rings. The van der Waals surface area contributed by atoms with Crippen molar-refractivity contribution in [2.45, 2.75) is 39.0 Å². The third-order valence-corrected chi connectivity index (χ3v) is 5.46. The number of carbonyl (C=O) groups excluding carboxylic acids is 1. The summed E-state index contributed by atoms with van der Waals surface area (Å²) in [5.74, 6) is -0.704. The van der Waals surface area contributed by atoms with E-state index in [-0.39, 0.29) is 21.9 Å². The third kappa shape index (κ3) is 2.43. The van der Waals surface area contributed by atoms with E-state index < -0.39 is 5.91 Å². The van der Waals surface area contributed by atoms with Gasteiger partial charge in [-0.25, -0.2) is 0 Å². The molecule has 2 aromatic heterocycles. The number of nitrogens with two attached hydrogens (primary N) is 1. The van der Waals surface area contributed by atoms with E-state index in [0.717, 1.165) is 29.7 Å². The number of amides is 1. The minimum Gasteiger partial charge on any atom is -0.364 e. The lowest BCUT2D eigenvalue weighted by atomic mass is 9.84. The number of aromatic amines is 1. The van der Waals surface area contributed by atoms with E-state index in [2.05, 4.69) is 42.9 Å². The average Bonchev–Trinajstić information content (AvgIpc) is 2.87. The predicted molar refractivity (Wildman–Crippen MR) is 102 cm³/mol. The van der Waals surface area contributed by atoms with E-state index in [1.807, 2.05) is 0 Å². The predicted octanol–water partition coefficient (Wildman–Crippen LogP) is 3.22. The number of nitrogens with one attached hydrogen (secondary N) is 1. The highest BCUT2D eigenvalue weighted by Crippen LogP contribution is 2.41. The monoisotopic (exact) mass is 347 g/mol. The first-order chi connectivity index (χ1) is 12.3. The third-order valence-electron chi connectivity index (χ3n) is 5.46. The molecule has 0 unspecified atom stereocenters. The fraction of sp³-hybridized carbons (Fsp3) is 0.286. The van der Waals surface area contributed by atoms with Crippen molar-refractivity contribution in [3.05, 3.63) is 63.1 Å². The maximum Gasteiger partial charge on any atom is 0.268 e. The zero-order valence-electron chi connectivity index (χ0n) is 15.1. The number of pyridine rings is 2. The van der Waals surface area contributed by atoms with Crippen LogP contribution in [0.5, 0.6) is 0 Å². The molecule has 0 radical (unpaired) electrons. The average molecular weight is 347 g/mol. The largest absolute Gasteiger partial charge is 0.364 e. The Morgan fingerprint density at radius 1 is 1.27 bits per heavy atom. The molecule has 1 aliphatic carbocycles. The van der Waals surface area contributed by atoms with Gasteiger partial charge < -0.3 is 10.7 Å². The Morgan fingerprint density at radius 2 is 2.04 bits per heavy atom. The molecule has 0 fully saturated rings. The maximum absolute atomic E-state index is 12.7. The lowest BCUT2D eigenvalue weighted by Gasteiger charge is -2.20. The molecule has 0 saturated carbocycles. The molecule has 0 atom stereocenters. The van der Waals surface area contributed by atoms with Crippen LogP contribution in [-0.2, 0) is 11.8 Å². The first-order valence-electron chi connectivity index (χ1n) is 8.74. The number of rotatable bonds is 2. The number of aromatic nitrogens is 2. The minimum absolute atomic E-state index is 0.00195. The number of H-pyrrole nitrogens is 1. The van der Waals surface area contributed by atoms with E-state index >= 15 is 0 Å². The summed E-state index contributed by atoms with van der Waals surface area (Å²) < 4.78 is 0. The molecule has 3 aromatic rings. The van der Waals surface area contributed by atoms with Crippen LogP contribution in [0.15, 0.2) is 35.3 Å². The minimum atomic E-state index is -0.704. The Balaban J connectivity index is 1.97. The normalized spacial score (nSPS) is 15.2. The van der Waals surface area contributed by atoms with Gasteiger partial charge in [-0.2, -0.15) is 0 Å². The molecule has 1 aromatic carbocycles. The van der Waals surface area contributed by atoms with Crippen LogP contribution >= 0.6 is 0 Å². The summed E-state index contributed by atoms with van der Waals surface area (Å²) in [7, 11) is 0. The van der Waals surface area contributed by atoms with Crippen LogP contribution in [-0.4, -0.2) is 15.9 Å². The second-order valence-electron chi connectivity index (χ2n) is 7.70. The summed E-state index contributed by atoms with van der Waals surface area (Å²) >= 11 is 0. The molecule has 1 amide bonds. The van der Waals surface area contributed by atoms with Gasteiger partial charge in [0.15, 0.2) is 5.43 Å². The second kappa shape index (κ2) is 5.53. The summed E-state index contributed by atoms with van der Waals surface area (Å²) in [5.41, 5.74) is 11.4. The van der Waals surface area contributed by atoms with Crippen LogP contribution < -0.4 is 11.2 Å². The molecule has 132 valence electrons. The topological polar surface area (TPSA) is 88.8 Å². The van der Waals surface area contributed by atoms with Crippen molar-refractivity contribution in [1.82, 2.24) is 9.97 Å². The summed E-state index contributed by atoms with van der Waals surface area (Å²) in [5, 5.41) is 0.239. The number of hydrogen-bond donors (Lipinski definition) is 2. The molecule has 4 rings (SSSR count). The van der Waals surface area contributed by atoms with Gasteiger partial charge in [0.1, 0.15) is 5.69 Å². The van der Waals surface area contributed by atoms with Crippen molar-refractivity contribution >= 4 is 16.8 Å². The fourth-order valence-corrected chi connectivity index (χ4v) is 4.01. The molecule has 5 heteroatoms. The second-order valence-corrected chi connectivity index (χ2v) is 7.70. The summed E-state index contributed by atoms with van der Waals surface area (Å²) in [6, 6.07) is 7.65.